The maximum absolute atomic E-state index is 10.1. The second-order valence-corrected chi connectivity index (χ2v) is 2.61. The Bertz CT molecular complexity index is 100. The Morgan fingerprint density at radius 1 is 1.36 bits per heavy atom. The summed E-state index contributed by atoms with van der Waals surface area (Å²) in [5.41, 5.74) is 0. The summed E-state index contributed by atoms with van der Waals surface area (Å²) in [6, 6.07) is 0. The van der Waals surface area contributed by atoms with Crippen LogP contribution in [0.25, 0.3) is 0 Å². The highest BCUT2D eigenvalue weighted by molar-refractivity contribution is 5.75. The molecule has 0 bridgehead atoms. The van der Waals surface area contributed by atoms with Crippen molar-refractivity contribution in [3.8, 4) is 0 Å². The van der Waals surface area contributed by atoms with Crippen LogP contribution in [0.5, 0.6) is 0 Å². The average Bonchev–Trinajstić information content (AvgIpc) is 1.90. The lowest BCUT2D eigenvalue weighted by Gasteiger charge is -2.08. The van der Waals surface area contributed by atoms with Gasteiger partial charge in [-0.2, -0.15) is 0 Å². The molecule has 66 valence electrons. The molecular weight excluding hydrogens is 155 g/mol. The first-order chi connectivity index (χ1) is 4.70. The highest BCUT2D eigenvalue weighted by Gasteiger charge is 2.05. The van der Waals surface area contributed by atoms with E-state index in [-0.39, 0.29) is 17.4 Å². The molecule has 0 atom stereocenters. The van der Waals surface area contributed by atoms with Gasteiger partial charge in [0.1, 0.15) is 0 Å². The molecule has 0 aromatic rings. The van der Waals surface area contributed by atoms with E-state index < -0.39 is 5.97 Å². The van der Waals surface area contributed by atoms with Crippen LogP contribution in [-0.2, 0) is 4.79 Å². The van der Waals surface area contributed by atoms with E-state index in [1.165, 1.54) is 0 Å². The third-order valence-corrected chi connectivity index (χ3v) is 1.92. The summed E-state index contributed by atoms with van der Waals surface area (Å²) in [6.45, 7) is 4.21. The van der Waals surface area contributed by atoms with E-state index in [4.69, 9.17) is 5.11 Å². The lowest BCUT2D eigenvalue weighted by Crippen LogP contribution is -2.01. The van der Waals surface area contributed by atoms with E-state index >= 15 is 0 Å². The maximum Gasteiger partial charge on any atom is 0.303 e. The molecule has 0 saturated heterocycles. The number of carboxylic acid groups (broad SMARTS) is 1. The summed E-state index contributed by atoms with van der Waals surface area (Å²) in [6.07, 6.45) is 3.36. The molecule has 0 heterocycles. The van der Waals surface area contributed by atoms with Crippen LogP contribution in [-0.4, -0.2) is 28.4 Å². The van der Waals surface area contributed by atoms with Gasteiger partial charge in [-0.05, 0) is 12.3 Å². The molecule has 0 aliphatic rings. The third kappa shape index (κ3) is 7.90. The summed E-state index contributed by atoms with van der Waals surface area (Å²) in [4.78, 5) is 10.1. The number of hydrogen-bond acceptors (Lipinski definition) is 1. The predicted octanol–water partition coefficient (Wildman–Crippen LogP) is 1.10. The van der Waals surface area contributed by atoms with Gasteiger partial charge in [-0.25, -0.2) is 0 Å². The Balaban J connectivity index is 0. The molecule has 0 aromatic heterocycles. The number of hydrogen-bond donors (Lipinski definition) is 1. The first-order valence-electron chi connectivity index (χ1n) is 3.92. The molecule has 0 saturated carbocycles. The minimum absolute atomic E-state index is 0. The van der Waals surface area contributed by atoms with Crippen molar-refractivity contribution >= 4 is 23.3 Å². The van der Waals surface area contributed by atoms with Crippen molar-refractivity contribution in [1.82, 2.24) is 0 Å². The zero-order valence-corrected chi connectivity index (χ0v) is 6.76. The van der Waals surface area contributed by atoms with Gasteiger partial charge in [-0.3, -0.25) is 4.79 Å². The zero-order valence-electron chi connectivity index (χ0n) is 6.76. The van der Waals surface area contributed by atoms with E-state index in [1.54, 1.807) is 0 Å². The fourth-order valence-corrected chi connectivity index (χ4v) is 1.02. The van der Waals surface area contributed by atoms with E-state index in [2.05, 4.69) is 13.8 Å². The molecular formula is C8H19AlO2. The van der Waals surface area contributed by atoms with Crippen molar-refractivity contribution in [3.05, 3.63) is 0 Å². The summed E-state index contributed by atoms with van der Waals surface area (Å²) in [5.74, 6) is -0.0667. The van der Waals surface area contributed by atoms with Crippen LogP contribution in [0.3, 0.4) is 0 Å². The average molecular weight is 174 g/mol. The van der Waals surface area contributed by atoms with Crippen molar-refractivity contribution in [2.75, 3.05) is 0 Å². The lowest BCUT2D eigenvalue weighted by molar-refractivity contribution is -0.137. The molecule has 0 rings (SSSR count). The smallest absolute Gasteiger partial charge is 0.303 e. The van der Waals surface area contributed by atoms with Gasteiger partial charge in [0.05, 0.1) is 0 Å². The zero-order chi connectivity index (χ0) is 7.98. The lowest BCUT2D eigenvalue weighted by atomic mass is 9.98. The van der Waals surface area contributed by atoms with Gasteiger partial charge in [-0.1, -0.05) is 26.7 Å². The molecule has 0 aliphatic heterocycles. The van der Waals surface area contributed by atoms with Crippen LogP contribution >= 0.6 is 0 Å². The van der Waals surface area contributed by atoms with Gasteiger partial charge < -0.3 is 5.11 Å². The highest BCUT2D eigenvalue weighted by atomic mass is 27.0. The molecule has 0 unspecified atom stereocenters. The van der Waals surface area contributed by atoms with E-state index in [0.717, 1.165) is 19.3 Å². The van der Waals surface area contributed by atoms with Crippen molar-refractivity contribution in [1.29, 1.82) is 0 Å². The van der Waals surface area contributed by atoms with Gasteiger partial charge in [0.25, 0.3) is 0 Å². The van der Waals surface area contributed by atoms with Crippen LogP contribution in [0.15, 0.2) is 0 Å². The van der Waals surface area contributed by atoms with Crippen molar-refractivity contribution in [3.63, 3.8) is 0 Å². The Labute approximate surface area is 79.1 Å². The molecule has 2 nitrogen and oxygen atoms in total. The fourth-order valence-electron chi connectivity index (χ4n) is 1.02. The van der Waals surface area contributed by atoms with Crippen LogP contribution in [0.4, 0.5) is 0 Å². The summed E-state index contributed by atoms with van der Waals surface area (Å²) in [7, 11) is 0. The van der Waals surface area contributed by atoms with Crippen LogP contribution < -0.4 is 0 Å². The largest absolute Gasteiger partial charge is 0.481 e. The van der Waals surface area contributed by atoms with Crippen molar-refractivity contribution in [2.24, 2.45) is 5.92 Å². The Hall–Kier alpha value is 0.00247. The minimum Gasteiger partial charge on any atom is -0.481 e. The molecule has 11 heavy (non-hydrogen) atoms. The van der Waals surface area contributed by atoms with Crippen LogP contribution in [0, 0.1) is 5.92 Å². The second-order valence-electron chi connectivity index (χ2n) is 2.61. The van der Waals surface area contributed by atoms with E-state index in [1.807, 2.05) is 0 Å². The van der Waals surface area contributed by atoms with Gasteiger partial charge in [0, 0.05) is 6.42 Å². The van der Waals surface area contributed by atoms with Gasteiger partial charge in [-0.15, -0.1) is 0 Å². The monoisotopic (exact) mass is 174 g/mol. The molecule has 3 heteroatoms. The Kier molecular flexibility index (Phi) is 10.0. The van der Waals surface area contributed by atoms with Gasteiger partial charge in [0.15, 0.2) is 17.4 Å². The van der Waals surface area contributed by atoms with Crippen LogP contribution in [0.2, 0.25) is 0 Å². The van der Waals surface area contributed by atoms with Crippen LogP contribution in [0.1, 0.15) is 39.5 Å². The number of aliphatic carboxylic acids is 1. The van der Waals surface area contributed by atoms with E-state index in [9.17, 15) is 4.79 Å². The Morgan fingerprint density at radius 3 is 2.09 bits per heavy atom. The quantitative estimate of drug-likeness (QED) is 0.634. The topological polar surface area (TPSA) is 37.3 Å². The summed E-state index contributed by atoms with van der Waals surface area (Å²) < 4.78 is 0. The molecule has 0 aliphatic carbocycles. The van der Waals surface area contributed by atoms with E-state index in [0.29, 0.717) is 12.3 Å². The number of carbonyl (C=O) groups is 1. The Morgan fingerprint density at radius 2 is 1.82 bits per heavy atom. The normalized spacial score (nSPS) is 9.36. The second kappa shape index (κ2) is 8.10. The fraction of sp³-hybridized carbons (Fsp3) is 0.875. The third-order valence-electron chi connectivity index (χ3n) is 1.92. The number of carboxylic acids is 1. The standard InChI is InChI=1S/C8H16O2.Al.3H/c1-3-7(4-2)5-6-8(9)10;;;;/h7H,3-6H2,1-2H3,(H,9,10);;;;. The minimum atomic E-state index is -0.674. The molecule has 0 spiro atoms. The first-order valence-corrected chi connectivity index (χ1v) is 3.92. The van der Waals surface area contributed by atoms with Gasteiger partial charge in [0.2, 0.25) is 0 Å². The number of rotatable bonds is 5. The highest BCUT2D eigenvalue weighted by Crippen LogP contribution is 2.13. The molecule has 0 fully saturated rings. The summed E-state index contributed by atoms with van der Waals surface area (Å²) in [5, 5.41) is 8.35. The molecule has 0 amide bonds. The first kappa shape index (κ1) is 13.6. The maximum atomic E-state index is 10.1. The molecule has 0 aromatic carbocycles. The SMILES string of the molecule is CCC(CC)CCC(=O)O.[AlH3]. The van der Waals surface area contributed by atoms with Crippen molar-refractivity contribution < 1.29 is 9.90 Å². The van der Waals surface area contributed by atoms with Gasteiger partial charge >= 0.3 is 5.97 Å². The predicted molar refractivity (Wildman–Crippen MR) is 50.9 cm³/mol. The molecule has 1 N–H and O–H groups in total. The van der Waals surface area contributed by atoms with Crippen molar-refractivity contribution in [2.45, 2.75) is 39.5 Å². The summed E-state index contributed by atoms with van der Waals surface area (Å²) >= 11 is 0. The molecule has 0 radical (unpaired) electrons.